The molecule has 1 aromatic carbocycles. The highest BCUT2D eigenvalue weighted by Crippen LogP contribution is 2.67. The second-order valence-corrected chi connectivity index (χ2v) is 15.0. The van der Waals surface area contributed by atoms with E-state index in [9.17, 15) is 4.79 Å². The molecule has 0 radical (unpaired) electrons. The van der Waals surface area contributed by atoms with Gasteiger partial charge in [-0.1, -0.05) is 81.5 Å². The Balaban J connectivity index is 1.25. The van der Waals surface area contributed by atoms with Crippen molar-refractivity contribution >= 4 is 21.9 Å². The first-order chi connectivity index (χ1) is 17.6. The Kier molecular flexibility index (Phi) is 8.03. The first-order valence-corrected chi connectivity index (χ1v) is 16.1. The van der Waals surface area contributed by atoms with E-state index in [1.165, 1.54) is 51.4 Å². The molecule has 8 atom stereocenters. The van der Waals surface area contributed by atoms with Crippen LogP contribution in [0.5, 0.6) is 0 Å². The molecule has 0 amide bonds. The zero-order chi connectivity index (χ0) is 26.4. The monoisotopic (exact) mass is 568 g/mol. The molecule has 0 saturated heterocycles. The van der Waals surface area contributed by atoms with Crippen molar-refractivity contribution in [1.82, 2.24) is 0 Å². The maximum Gasteiger partial charge on any atom is 0.338 e. The van der Waals surface area contributed by atoms with E-state index in [1.54, 1.807) is 5.57 Å². The molecule has 204 valence electrons. The molecular weight excluding hydrogens is 520 g/mol. The molecule has 37 heavy (non-hydrogen) atoms. The Hall–Kier alpha value is -1.09. The number of hydrogen-bond acceptors (Lipinski definition) is 2. The summed E-state index contributed by atoms with van der Waals surface area (Å²) in [4.78, 5) is 12.8. The van der Waals surface area contributed by atoms with Gasteiger partial charge in [-0.3, -0.25) is 0 Å². The van der Waals surface area contributed by atoms with Crippen LogP contribution in [-0.2, 0) is 4.74 Å². The summed E-state index contributed by atoms with van der Waals surface area (Å²) in [5, 5.41) is 0. The molecule has 4 aliphatic rings. The van der Waals surface area contributed by atoms with Gasteiger partial charge in [-0.05, 0) is 116 Å². The SMILES string of the molecule is CC(C)CCC[C@@H](C)C1CC[C@H]2[C@@H]3CC=C4C[C@@H](OC(=O)c5ccc(Br)cc5)CC[C@]4(C)[C@H]3CC[C@]12C. The third kappa shape index (κ3) is 5.24. The number of esters is 1. The minimum absolute atomic E-state index is 0.0171. The van der Waals surface area contributed by atoms with E-state index in [0.29, 0.717) is 16.4 Å². The molecule has 2 nitrogen and oxygen atoms in total. The van der Waals surface area contributed by atoms with Crippen LogP contribution in [0.25, 0.3) is 0 Å². The van der Waals surface area contributed by atoms with Gasteiger partial charge in [0.2, 0.25) is 0 Å². The van der Waals surface area contributed by atoms with Crippen molar-refractivity contribution in [2.45, 2.75) is 111 Å². The van der Waals surface area contributed by atoms with Crippen molar-refractivity contribution in [3.05, 3.63) is 46.0 Å². The van der Waals surface area contributed by atoms with Crippen LogP contribution in [0.3, 0.4) is 0 Å². The number of halogens is 1. The van der Waals surface area contributed by atoms with E-state index >= 15 is 0 Å². The summed E-state index contributed by atoms with van der Waals surface area (Å²) >= 11 is 3.45. The van der Waals surface area contributed by atoms with E-state index in [0.717, 1.165) is 59.2 Å². The molecule has 3 fully saturated rings. The van der Waals surface area contributed by atoms with Crippen LogP contribution in [0.4, 0.5) is 0 Å². The second-order valence-electron chi connectivity index (χ2n) is 14.1. The summed E-state index contributed by atoms with van der Waals surface area (Å²) in [6, 6.07) is 7.52. The van der Waals surface area contributed by atoms with Crippen LogP contribution in [0.1, 0.15) is 116 Å². The number of carbonyl (C=O) groups excluding carboxylic acids is 1. The third-order valence-electron chi connectivity index (χ3n) is 11.6. The number of fused-ring (bicyclic) bond motifs is 5. The summed E-state index contributed by atoms with van der Waals surface area (Å²) in [5.74, 6) is 4.99. The Morgan fingerprint density at radius 1 is 1.00 bits per heavy atom. The van der Waals surface area contributed by atoms with Crippen LogP contribution in [0, 0.1) is 46.3 Å². The predicted octanol–water partition coefficient (Wildman–Crippen LogP) is 10.0. The summed E-state index contributed by atoms with van der Waals surface area (Å²) in [7, 11) is 0. The first kappa shape index (κ1) is 27.5. The molecule has 0 N–H and O–H groups in total. The molecule has 0 aliphatic heterocycles. The average molecular weight is 570 g/mol. The Morgan fingerprint density at radius 3 is 2.49 bits per heavy atom. The topological polar surface area (TPSA) is 26.3 Å². The lowest BCUT2D eigenvalue weighted by molar-refractivity contribution is -0.0594. The molecule has 4 aliphatic carbocycles. The van der Waals surface area contributed by atoms with Gasteiger partial charge >= 0.3 is 5.97 Å². The number of ether oxygens (including phenoxy) is 1. The van der Waals surface area contributed by atoms with E-state index in [1.807, 2.05) is 24.3 Å². The maximum atomic E-state index is 12.8. The fourth-order valence-corrected chi connectivity index (χ4v) is 9.82. The van der Waals surface area contributed by atoms with Crippen molar-refractivity contribution < 1.29 is 9.53 Å². The lowest BCUT2D eigenvalue weighted by Gasteiger charge is -2.58. The summed E-state index contributed by atoms with van der Waals surface area (Å²) in [5.41, 5.74) is 3.08. The minimum atomic E-state index is -0.177. The van der Waals surface area contributed by atoms with Crippen LogP contribution in [0.15, 0.2) is 40.4 Å². The van der Waals surface area contributed by atoms with Crippen molar-refractivity contribution in [3.63, 3.8) is 0 Å². The summed E-state index contributed by atoms with van der Waals surface area (Å²) in [6.45, 7) is 12.5. The van der Waals surface area contributed by atoms with Gasteiger partial charge in [0.05, 0.1) is 5.56 Å². The van der Waals surface area contributed by atoms with Gasteiger partial charge in [-0.15, -0.1) is 0 Å². The van der Waals surface area contributed by atoms with Gasteiger partial charge in [0.15, 0.2) is 0 Å². The molecule has 0 heterocycles. The molecular formula is C34H49BrO2. The standard InChI is InChI=1S/C34H49BrO2/c1-22(2)7-6-8-23(3)29-15-16-30-28-14-11-25-21-27(37-32(36)24-9-12-26(35)13-10-24)17-19-33(25,4)31(28)18-20-34(29,30)5/h9-13,22-23,27-31H,6-8,14-21H2,1-5H3/t23-,27+,28+,29?,30+,31+,33+,34-/m1/s1. The van der Waals surface area contributed by atoms with E-state index in [4.69, 9.17) is 4.74 Å². The lowest BCUT2D eigenvalue weighted by Crippen LogP contribution is -2.51. The predicted molar refractivity (Wildman–Crippen MR) is 156 cm³/mol. The van der Waals surface area contributed by atoms with Gasteiger partial charge in [0.1, 0.15) is 6.10 Å². The zero-order valence-electron chi connectivity index (χ0n) is 23.9. The van der Waals surface area contributed by atoms with Gasteiger partial charge in [0, 0.05) is 10.9 Å². The quantitative estimate of drug-likeness (QED) is 0.241. The maximum absolute atomic E-state index is 12.8. The number of hydrogen-bond donors (Lipinski definition) is 0. The Bertz CT molecular complexity index is 996. The highest BCUT2D eigenvalue weighted by atomic mass is 79.9. The Labute approximate surface area is 234 Å². The van der Waals surface area contributed by atoms with Crippen molar-refractivity contribution in [3.8, 4) is 0 Å². The smallest absolute Gasteiger partial charge is 0.338 e. The molecule has 5 rings (SSSR count). The molecule has 3 heteroatoms. The summed E-state index contributed by atoms with van der Waals surface area (Å²) < 4.78 is 7.01. The number of carbonyl (C=O) groups is 1. The van der Waals surface area contributed by atoms with E-state index in [2.05, 4.69) is 56.6 Å². The largest absolute Gasteiger partial charge is 0.458 e. The summed E-state index contributed by atoms with van der Waals surface area (Å²) in [6.07, 6.45) is 16.9. The van der Waals surface area contributed by atoms with Gasteiger partial charge in [0.25, 0.3) is 0 Å². The molecule has 0 spiro atoms. The second kappa shape index (κ2) is 10.8. The highest BCUT2D eigenvalue weighted by molar-refractivity contribution is 9.10. The van der Waals surface area contributed by atoms with Gasteiger partial charge < -0.3 is 4.74 Å². The third-order valence-corrected chi connectivity index (χ3v) is 12.1. The van der Waals surface area contributed by atoms with Crippen molar-refractivity contribution in [1.29, 1.82) is 0 Å². The average Bonchev–Trinajstić information content (AvgIpc) is 3.21. The van der Waals surface area contributed by atoms with Crippen molar-refractivity contribution in [2.24, 2.45) is 46.3 Å². The zero-order valence-corrected chi connectivity index (χ0v) is 25.5. The lowest BCUT2D eigenvalue weighted by atomic mass is 9.47. The Morgan fingerprint density at radius 2 is 1.76 bits per heavy atom. The normalized spacial score (nSPS) is 37.8. The van der Waals surface area contributed by atoms with E-state index < -0.39 is 0 Å². The molecule has 0 bridgehead atoms. The fraction of sp³-hybridized carbons (Fsp3) is 0.735. The van der Waals surface area contributed by atoms with Crippen molar-refractivity contribution in [2.75, 3.05) is 0 Å². The van der Waals surface area contributed by atoms with Crippen LogP contribution < -0.4 is 0 Å². The van der Waals surface area contributed by atoms with Gasteiger partial charge in [-0.2, -0.15) is 0 Å². The number of rotatable bonds is 7. The highest BCUT2D eigenvalue weighted by Gasteiger charge is 2.59. The number of benzene rings is 1. The van der Waals surface area contributed by atoms with Crippen LogP contribution in [-0.4, -0.2) is 12.1 Å². The molecule has 1 aromatic rings. The minimum Gasteiger partial charge on any atom is -0.458 e. The molecule has 1 unspecified atom stereocenters. The molecule has 3 saturated carbocycles. The van der Waals surface area contributed by atoms with Crippen LogP contribution in [0.2, 0.25) is 0 Å². The van der Waals surface area contributed by atoms with Gasteiger partial charge in [-0.25, -0.2) is 4.79 Å². The number of allylic oxidation sites excluding steroid dienone is 1. The molecule has 0 aromatic heterocycles. The van der Waals surface area contributed by atoms with E-state index in [-0.39, 0.29) is 12.1 Å². The van der Waals surface area contributed by atoms with Crippen LogP contribution >= 0.6 is 15.9 Å². The fourth-order valence-electron chi connectivity index (χ4n) is 9.56. The first-order valence-electron chi connectivity index (χ1n) is 15.3.